The summed E-state index contributed by atoms with van der Waals surface area (Å²) in [5, 5.41) is 5.16. The maximum Gasteiger partial charge on any atom is 0.171 e. The van der Waals surface area contributed by atoms with Crippen LogP contribution in [-0.4, -0.2) is 19.6 Å². The third-order valence-electron chi connectivity index (χ3n) is 4.18. The van der Waals surface area contributed by atoms with E-state index in [9.17, 15) is 0 Å². The number of aryl methyl sites for hydroxylation is 1. The molecule has 0 atom stereocenters. The van der Waals surface area contributed by atoms with E-state index in [0.29, 0.717) is 10.8 Å². The molecule has 27 heavy (non-hydrogen) atoms. The molecule has 3 aromatic heterocycles. The van der Waals surface area contributed by atoms with Crippen LogP contribution in [0.2, 0.25) is 5.02 Å². The highest BCUT2D eigenvalue weighted by atomic mass is 35.5. The van der Waals surface area contributed by atoms with Gasteiger partial charge in [-0.2, -0.15) is 5.10 Å². The van der Waals surface area contributed by atoms with Crippen LogP contribution >= 0.6 is 11.6 Å². The summed E-state index contributed by atoms with van der Waals surface area (Å²) >= 11 is 6.00. The molecule has 1 aromatic carbocycles. The van der Waals surface area contributed by atoms with Gasteiger partial charge in [0.15, 0.2) is 5.65 Å². The highest BCUT2D eigenvalue weighted by Crippen LogP contribution is 2.23. The van der Waals surface area contributed by atoms with Crippen molar-refractivity contribution >= 4 is 23.1 Å². The van der Waals surface area contributed by atoms with E-state index < -0.39 is 0 Å². The van der Waals surface area contributed by atoms with Crippen molar-refractivity contribution in [2.75, 3.05) is 5.73 Å². The molecule has 0 amide bonds. The van der Waals surface area contributed by atoms with Crippen molar-refractivity contribution in [2.45, 2.75) is 13.3 Å². The first-order valence-electron chi connectivity index (χ1n) is 8.51. The monoisotopic (exact) mass is 373 g/mol. The Bertz CT molecular complexity index is 1170. The van der Waals surface area contributed by atoms with Gasteiger partial charge in [0.05, 0.1) is 17.5 Å². The van der Waals surface area contributed by atoms with Crippen molar-refractivity contribution in [1.82, 2.24) is 19.6 Å². The number of anilines is 1. The fraction of sp³-hybridized carbons (Fsp3) is 0.0952. The van der Waals surface area contributed by atoms with Crippen LogP contribution in [-0.2, 0) is 6.42 Å². The fourth-order valence-corrected chi connectivity index (χ4v) is 2.88. The van der Waals surface area contributed by atoms with Crippen molar-refractivity contribution < 1.29 is 0 Å². The number of pyridine rings is 1. The number of aromatic nitrogens is 4. The van der Waals surface area contributed by atoms with Gasteiger partial charge in [-0.1, -0.05) is 42.5 Å². The number of nitrogens with zero attached hydrogens (tertiary/aromatic N) is 4. The molecule has 0 saturated heterocycles. The molecule has 0 aliphatic carbocycles. The van der Waals surface area contributed by atoms with Crippen LogP contribution < -0.4 is 5.73 Å². The lowest BCUT2D eigenvalue weighted by Crippen LogP contribution is -2.01. The maximum atomic E-state index is 6.00. The SMILES string of the molecule is CCc1cc(-c2ccc(Cl)cc2)nc2c(C#Cc3ccc(N)nc3)cnn12. The van der Waals surface area contributed by atoms with Crippen LogP contribution in [0.25, 0.3) is 16.9 Å². The van der Waals surface area contributed by atoms with Crippen LogP contribution in [0.1, 0.15) is 23.7 Å². The van der Waals surface area contributed by atoms with Gasteiger partial charge in [-0.15, -0.1) is 0 Å². The van der Waals surface area contributed by atoms with Gasteiger partial charge < -0.3 is 5.73 Å². The highest BCUT2D eigenvalue weighted by Gasteiger charge is 2.11. The zero-order valence-electron chi connectivity index (χ0n) is 14.6. The van der Waals surface area contributed by atoms with Crippen molar-refractivity contribution in [3.63, 3.8) is 0 Å². The lowest BCUT2D eigenvalue weighted by Gasteiger charge is -2.07. The lowest BCUT2D eigenvalue weighted by molar-refractivity contribution is 0.851. The molecule has 3 heterocycles. The van der Waals surface area contributed by atoms with E-state index in [4.69, 9.17) is 22.3 Å². The summed E-state index contributed by atoms with van der Waals surface area (Å²) in [4.78, 5) is 8.85. The Hall–Kier alpha value is -3.36. The molecule has 6 heteroatoms. The van der Waals surface area contributed by atoms with E-state index >= 15 is 0 Å². The summed E-state index contributed by atoms with van der Waals surface area (Å²) in [7, 11) is 0. The Kier molecular flexibility index (Phi) is 4.49. The maximum absolute atomic E-state index is 6.00. The number of rotatable bonds is 2. The Morgan fingerprint density at radius 2 is 1.89 bits per heavy atom. The molecular formula is C21H16ClN5. The predicted molar refractivity (Wildman–Crippen MR) is 107 cm³/mol. The first-order valence-corrected chi connectivity index (χ1v) is 8.89. The number of halogens is 1. The zero-order chi connectivity index (χ0) is 18.8. The predicted octanol–water partition coefficient (Wildman–Crippen LogP) is 3.99. The van der Waals surface area contributed by atoms with Crippen LogP contribution in [0.4, 0.5) is 5.82 Å². The zero-order valence-corrected chi connectivity index (χ0v) is 15.4. The Labute approximate surface area is 161 Å². The van der Waals surface area contributed by atoms with Crippen molar-refractivity contribution in [1.29, 1.82) is 0 Å². The van der Waals surface area contributed by atoms with Gasteiger partial charge >= 0.3 is 0 Å². The molecule has 4 aromatic rings. The third kappa shape index (κ3) is 3.48. The standard InChI is InChI=1S/C21H16ClN5/c1-2-18-11-19(15-6-8-17(22)9-7-15)26-21-16(13-25-27(18)21)5-3-14-4-10-20(23)24-12-14/h4,6-13H,2H2,1H3,(H2,23,24). The Morgan fingerprint density at radius 3 is 2.59 bits per heavy atom. The number of hydrogen-bond donors (Lipinski definition) is 1. The summed E-state index contributed by atoms with van der Waals surface area (Å²) in [5.74, 6) is 6.71. The van der Waals surface area contributed by atoms with E-state index in [2.05, 4.69) is 28.8 Å². The largest absolute Gasteiger partial charge is 0.384 e. The fourth-order valence-electron chi connectivity index (χ4n) is 2.75. The first-order chi connectivity index (χ1) is 13.1. The van der Waals surface area contributed by atoms with Gasteiger partial charge in [-0.25, -0.2) is 14.5 Å². The average molecular weight is 374 g/mol. The number of nitrogens with two attached hydrogens (primary N) is 1. The molecule has 2 N–H and O–H groups in total. The average Bonchev–Trinajstić information content (AvgIpc) is 3.10. The summed E-state index contributed by atoms with van der Waals surface area (Å²) in [6.07, 6.45) is 4.22. The second-order valence-electron chi connectivity index (χ2n) is 6.01. The number of benzene rings is 1. The van der Waals surface area contributed by atoms with Crippen LogP contribution in [0.3, 0.4) is 0 Å². The second kappa shape index (κ2) is 7.10. The minimum atomic E-state index is 0.471. The first kappa shape index (κ1) is 17.1. The summed E-state index contributed by atoms with van der Waals surface area (Å²) in [6, 6.07) is 13.3. The number of nitrogen functional groups attached to an aromatic ring is 1. The number of hydrogen-bond acceptors (Lipinski definition) is 4. The topological polar surface area (TPSA) is 69.1 Å². The van der Waals surface area contributed by atoms with Crippen molar-refractivity contribution in [2.24, 2.45) is 0 Å². The van der Waals surface area contributed by atoms with Gasteiger partial charge in [0.1, 0.15) is 5.82 Å². The molecule has 4 rings (SSSR count). The van der Waals surface area contributed by atoms with Gasteiger partial charge in [-0.05, 0) is 36.8 Å². The van der Waals surface area contributed by atoms with Crippen LogP contribution in [0.5, 0.6) is 0 Å². The highest BCUT2D eigenvalue weighted by molar-refractivity contribution is 6.30. The molecule has 132 valence electrons. The molecular weight excluding hydrogens is 358 g/mol. The second-order valence-corrected chi connectivity index (χ2v) is 6.44. The van der Waals surface area contributed by atoms with Gasteiger partial charge in [-0.3, -0.25) is 0 Å². The molecule has 0 aliphatic heterocycles. The van der Waals surface area contributed by atoms with E-state index in [-0.39, 0.29) is 0 Å². The molecule has 0 saturated carbocycles. The van der Waals surface area contributed by atoms with Crippen LogP contribution in [0.15, 0.2) is 54.9 Å². The third-order valence-corrected chi connectivity index (χ3v) is 4.43. The molecule has 0 radical (unpaired) electrons. The number of fused-ring (bicyclic) bond motifs is 1. The van der Waals surface area contributed by atoms with E-state index in [1.807, 2.05) is 40.9 Å². The smallest absolute Gasteiger partial charge is 0.171 e. The Morgan fingerprint density at radius 1 is 1.07 bits per heavy atom. The molecule has 0 bridgehead atoms. The molecule has 0 unspecified atom stereocenters. The molecule has 0 aliphatic rings. The summed E-state index contributed by atoms with van der Waals surface area (Å²) < 4.78 is 1.84. The normalized spacial score (nSPS) is 10.6. The van der Waals surface area contributed by atoms with E-state index in [1.165, 1.54) is 0 Å². The molecule has 0 spiro atoms. The van der Waals surface area contributed by atoms with Crippen molar-refractivity contribution in [3.8, 4) is 23.1 Å². The lowest BCUT2D eigenvalue weighted by atomic mass is 10.1. The molecule has 5 nitrogen and oxygen atoms in total. The summed E-state index contributed by atoms with van der Waals surface area (Å²) in [5.41, 5.74) is 10.8. The van der Waals surface area contributed by atoms with Gasteiger partial charge in [0.25, 0.3) is 0 Å². The van der Waals surface area contributed by atoms with E-state index in [0.717, 1.165) is 40.1 Å². The van der Waals surface area contributed by atoms with Crippen molar-refractivity contribution in [3.05, 3.63) is 76.7 Å². The van der Waals surface area contributed by atoms with Crippen LogP contribution in [0, 0.1) is 11.8 Å². The minimum absolute atomic E-state index is 0.471. The molecule has 0 fully saturated rings. The Balaban J connectivity index is 1.82. The minimum Gasteiger partial charge on any atom is -0.384 e. The van der Waals surface area contributed by atoms with Gasteiger partial charge in [0.2, 0.25) is 0 Å². The quantitative estimate of drug-likeness (QED) is 0.539. The summed E-state index contributed by atoms with van der Waals surface area (Å²) in [6.45, 7) is 2.09. The van der Waals surface area contributed by atoms with Gasteiger partial charge in [0, 0.05) is 28.0 Å². The van der Waals surface area contributed by atoms with E-state index in [1.54, 1.807) is 18.5 Å².